The van der Waals surface area contributed by atoms with Crippen molar-refractivity contribution < 1.29 is 4.79 Å². The number of nitrogens with one attached hydrogen (secondary N) is 1. The highest BCUT2D eigenvalue weighted by atomic mass is 79.9. The molecule has 1 aromatic rings. The van der Waals surface area contributed by atoms with E-state index in [4.69, 9.17) is 0 Å². The van der Waals surface area contributed by atoms with Gasteiger partial charge in [0.1, 0.15) is 0 Å². The molecule has 0 radical (unpaired) electrons. The minimum absolute atomic E-state index is 0.218. The Hall–Kier alpha value is -0.190. The Labute approximate surface area is 83.1 Å². The monoisotopic (exact) mass is 245 g/mol. The molecule has 1 aromatic heterocycles. The Morgan fingerprint density at radius 1 is 1.58 bits per heavy atom. The molecule has 0 bridgehead atoms. The maximum Gasteiger partial charge on any atom is 0.178 e. The lowest BCUT2D eigenvalue weighted by Gasteiger charge is -2.24. The fourth-order valence-electron chi connectivity index (χ4n) is 1.12. The van der Waals surface area contributed by atoms with Gasteiger partial charge in [0, 0.05) is 19.0 Å². The van der Waals surface area contributed by atoms with Crippen LogP contribution in [-0.2, 0) is 0 Å². The standard InChI is InChI=1S/C8H8BrNOS/c9-7-2-1-6(12-7)8(11)5-3-10-4-5/h1-2,5,10H,3-4H2. The van der Waals surface area contributed by atoms with E-state index in [-0.39, 0.29) is 11.7 Å². The predicted octanol–water partition coefficient (Wildman–Crippen LogP) is 1.91. The van der Waals surface area contributed by atoms with Crippen LogP contribution in [0.5, 0.6) is 0 Å². The summed E-state index contributed by atoms with van der Waals surface area (Å²) >= 11 is 4.85. The summed E-state index contributed by atoms with van der Waals surface area (Å²) in [5, 5.41) is 3.09. The molecule has 4 heteroatoms. The number of halogens is 1. The van der Waals surface area contributed by atoms with Gasteiger partial charge in [-0.2, -0.15) is 0 Å². The van der Waals surface area contributed by atoms with Gasteiger partial charge in [-0.15, -0.1) is 11.3 Å². The van der Waals surface area contributed by atoms with E-state index in [0.717, 1.165) is 21.8 Å². The number of hydrogen-bond acceptors (Lipinski definition) is 3. The molecule has 0 aliphatic carbocycles. The van der Waals surface area contributed by atoms with Gasteiger partial charge in [-0.25, -0.2) is 0 Å². The molecule has 1 saturated heterocycles. The van der Waals surface area contributed by atoms with Crippen molar-refractivity contribution in [3.8, 4) is 0 Å². The van der Waals surface area contributed by atoms with Crippen LogP contribution in [0.1, 0.15) is 9.67 Å². The average molecular weight is 246 g/mol. The molecule has 12 heavy (non-hydrogen) atoms. The minimum Gasteiger partial charge on any atom is -0.315 e. The molecule has 2 heterocycles. The number of Topliss-reactive ketones (excluding diaryl/α,β-unsaturated/α-hetero) is 1. The summed E-state index contributed by atoms with van der Waals surface area (Å²) in [4.78, 5) is 12.5. The van der Waals surface area contributed by atoms with E-state index in [0.29, 0.717) is 0 Å². The third kappa shape index (κ3) is 1.46. The van der Waals surface area contributed by atoms with Crippen molar-refractivity contribution in [2.75, 3.05) is 13.1 Å². The molecule has 0 aromatic carbocycles. The van der Waals surface area contributed by atoms with E-state index in [2.05, 4.69) is 21.2 Å². The second-order valence-electron chi connectivity index (χ2n) is 2.82. The van der Waals surface area contributed by atoms with E-state index in [9.17, 15) is 4.79 Å². The molecular formula is C8H8BrNOS. The zero-order chi connectivity index (χ0) is 8.55. The van der Waals surface area contributed by atoms with Crippen molar-refractivity contribution in [1.29, 1.82) is 0 Å². The largest absolute Gasteiger partial charge is 0.315 e. The highest BCUT2D eigenvalue weighted by molar-refractivity contribution is 9.11. The van der Waals surface area contributed by atoms with Crippen LogP contribution in [0, 0.1) is 5.92 Å². The van der Waals surface area contributed by atoms with Crippen molar-refractivity contribution in [2.45, 2.75) is 0 Å². The molecule has 2 nitrogen and oxygen atoms in total. The van der Waals surface area contributed by atoms with Crippen molar-refractivity contribution >= 4 is 33.0 Å². The van der Waals surface area contributed by atoms with Gasteiger partial charge in [0.25, 0.3) is 0 Å². The van der Waals surface area contributed by atoms with Crippen LogP contribution < -0.4 is 5.32 Å². The summed E-state index contributed by atoms with van der Waals surface area (Å²) < 4.78 is 1.03. The number of carbonyl (C=O) groups excluding carboxylic acids is 1. The highest BCUT2D eigenvalue weighted by Crippen LogP contribution is 2.25. The topological polar surface area (TPSA) is 29.1 Å². The zero-order valence-electron chi connectivity index (χ0n) is 6.34. The van der Waals surface area contributed by atoms with E-state index >= 15 is 0 Å². The molecule has 1 aliphatic rings. The van der Waals surface area contributed by atoms with Crippen molar-refractivity contribution in [3.63, 3.8) is 0 Å². The summed E-state index contributed by atoms with van der Waals surface area (Å²) in [5.41, 5.74) is 0. The molecule has 2 rings (SSSR count). The van der Waals surface area contributed by atoms with Crippen molar-refractivity contribution in [3.05, 3.63) is 20.8 Å². The summed E-state index contributed by atoms with van der Waals surface area (Å²) in [6, 6.07) is 3.80. The van der Waals surface area contributed by atoms with E-state index in [1.807, 2.05) is 12.1 Å². The van der Waals surface area contributed by atoms with Crippen molar-refractivity contribution in [1.82, 2.24) is 5.32 Å². The fourth-order valence-corrected chi connectivity index (χ4v) is 2.53. The number of carbonyl (C=O) groups is 1. The number of ketones is 1. The Morgan fingerprint density at radius 3 is 2.75 bits per heavy atom. The van der Waals surface area contributed by atoms with E-state index in [1.165, 1.54) is 11.3 Å². The normalized spacial score (nSPS) is 17.4. The maximum absolute atomic E-state index is 11.6. The van der Waals surface area contributed by atoms with Gasteiger partial charge in [-0.05, 0) is 28.1 Å². The SMILES string of the molecule is O=C(c1ccc(Br)s1)C1CNC1. The van der Waals surface area contributed by atoms with Crippen LogP contribution in [0.4, 0.5) is 0 Å². The third-order valence-electron chi connectivity index (χ3n) is 1.97. The van der Waals surface area contributed by atoms with Crippen molar-refractivity contribution in [2.24, 2.45) is 5.92 Å². The minimum atomic E-state index is 0.218. The summed E-state index contributed by atoms with van der Waals surface area (Å²) in [5.74, 6) is 0.500. The van der Waals surface area contributed by atoms with E-state index < -0.39 is 0 Å². The molecule has 1 aliphatic heterocycles. The van der Waals surface area contributed by atoms with E-state index in [1.54, 1.807) is 0 Å². The van der Waals surface area contributed by atoms with Gasteiger partial charge >= 0.3 is 0 Å². The molecular weight excluding hydrogens is 238 g/mol. The molecule has 0 atom stereocenters. The van der Waals surface area contributed by atoms with Gasteiger partial charge in [0.15, 0.2) is 5.78 Å². The van der Waals surface area contributed by atoms with Crippen LogP contribution in [0.3, 0.4) is 0 Å². The van der Waals surface area contributed by atoms with Crippen LogP contribution in [0.2, 0.25) is 0 Å². The number of thiophene rings is 1. The first-order valence-electron chi connectivity index (χ1n) is 3.77. The molecule has 1 fully saturated rings. The Bertz CT molecular complexity index is 306. The first kappa shape index (κ1) is 8.41. The number of rotatable bonds is 2. The lowest BCUT2D eigenvalue weighted by Crippen LogP contribution is -2.46. The van der Waals surface area contributed by atoms with Crippen LogP contribution in [0.15, 0.2) is 15.9 Å². The average Bonchev–Trinajstić information content (AvgIpc) is 2.31. The second-order valence-corrected chi connectivity index (χ2v) is 5.29. The number of hydrogen-bond donors (Lipinski definition) is 1. The van der Waals surface area contributed by atoms with Gasteiger partial charge in [-0.1, -0.05) is 0 Å². The molecule has 0 spiro atoms. The lowest BCUT2D eigenvalue weighted by molar-refractivity contribution is 0.0882. The Balaban J connectivity index is 2.13. The predicted molar refractivity (Wildman–Crippen MR) is 52.7 cm³/mol. The molecule has 0 amide bonds. The molecule has 0 unspecified atom stereocenters. The summed E-state index contributed by atoms with van der Waals surface area (Å²) in [6.45, 7) is 1.68. The maximum atomic E-state index is 11.6. The van der Waals surface area contributed by atoms with Gasteiger partial charge in [0.05, 0.1) is 8.66 Å². The smallest absolute Gasteiger partial charge is 0.178 e. The Kier molecular flexibility index (Phi) is 2.30. The van der Waals surface area contributed by atoms with Gasteiger partial charge < -0.3 is 5.32 Å². The van der Waals surface area contributed by atoms with Gasteiger partial charge in [-0.3, -0.25) is 4.79 Å². The third-order valence-corrected chi connectivity index (χ3v) is 3.61. The second kappa shape index (κ2) is 3.28. The highest BCUT2D eigenvalue weighted by Gasteiger charge is 2.26. The van der Waals surface area contributed by atoms with Gasteiger partial charge in [0.2, 0.25) is 0 Å². The molecule has 64 valence electrons. The van der Waals surface area contributed by atoms with Crippen LogP contribution in [0.25, 0.3) is 0 Å². The zero-order valence-corrected chi connectivity index (χ0v) is 8.74. The molecule has 1 N–H and O–H groups in total. The van der Waals surface area contributed by atoms with Crippen LogP contribution >= 0.6 is 27.3 Å². The Morgan fingerprint density at radius 2 is 2.33 bits per heavy atom. The fraction of sp³-hybridized carbons (Fsp3) is 0.375. The summed E-state index contributed by atoms with van der Waals surface area (Å²) in [7, 11) is 0. The summed E-state index contributed by atoms with van der Waals surface area (Å²) in [6.07, 6.45) is 0. The van der Waals surface area contributed by atoms with Crippen LogP contribution in [-0.4, -0.2) is 18.9 Å². The first-order valence-corrected chi connectivity index (χ1v) is 5.38. The first-order chi connectivity index (χ1) is 5.77. The lowest BCUT2D eigenvalue weighted by atomic mass is 9.97. The quantitative estimate of drug-likeness (QED) is 0.807. The molecule has 0 saturated carbocycles.